The van der Waals surface area contributed by atoms with Gasteiger partial charge in [0.2, 0.25) is 0 Å². The molecule has 1 aromatic carbocycles. The van der Waals surface area contributed by atoms with Gasteiger partial charge in [-0.05, 0) is 31.0 Å². The zero-order chi connectivity index (χ0) is 17.7. The second-order valence-electron chi connectivity index (χ2n) is 5.63. The molecule has 0 saturated carbocycles. The molecule has 2 aromatic rings. The maximum absolute atomic E-state index is 12.4. The fourth-order valence-electron chi connectivity index (χ4n) is 2.39. The Bertz CT molecular complexity index is 722. The van der Waals surface area contributed by atoms with Gasteiger partial charge in [0.25, 0.3) is 5.91 Å². The lowest BCUT2D eigenvalue weighted by Gasteiger charge is -2.14. The van der Waals surface area contributed by atoms with Crippen LogP contribution in [0.5, 0.6) is 5.75 Å². The average molecular weight is 331 g/mol. The maximum Gasteiger partial charge on any atom is 0.326 e. The third kappa shape index (κ3) is 4.34. The highest BCUT2D eigenvalue weighted by Gasteiger charge is 2.23. The number of phenols is 1. The van der Waals surface area contributed by atoms with E-state index in [0.717, 1.165) is 6.42 Å². The Balaban J connectivity index is 2.11. The van der Waals surface area contributed by atoms with Crippen LogP contribution in [-0.2, 0) is 17.8 Å². The number of aryl methyl sites for hydroxylation is 2. The summed E-state index contributed by atoms with van der Waals surface area (Å²) in [6.07, 6.45) is 2.65. The zero-order valence-electron chi connectivity index (χ0n) is 13.7. The van der Waals surface area contributed by atoms with Crippen molar-refractivity contribution in [2.24, 2.45) is 0 Å². The predicted molar refractivity (Wildman–Crippen MR) is 88.0 cm³/mol. The van der Waals surface area contributed by atoms with E-state index in [2.05, 4.69) is 10.4 Å². The van der Waals surface area contributed by atoms with E-state index in [1.54, 1.807) is 29.9 Å². The van der Waals surface area contributed by atoms with Crippen LogP contribution >= 0.6 is 0 Å². The van der Waals surface area contributed by atoms with Crippen molar-refractivity contribution in [2.75, 3.05) is 0 Å². The van der Waals surface area contributed by atoms with Crippen LogP contribution in [0.25, 0.3) is 0 Å². The van der Waals surface area contributed by atoms with Crippen molar-refractivity contribution in [3.63, 3.8) is 0 Å². The van der Waals surface area contributed by atoms with E-state index in [1.807, 2.05) is 6.92 Å². The molecule has 0 aliphatic rings. The molecule has 0 radical (unpaired) electrons. The molecule has 1 heterocycles. The summed E-state index contributed by atoms with van der Waals surface area (Å²) in [6.45, 7) is 4.43. The number of nitrogens with zero attached hydrogens (tertiary/aromatic N) is 2. The maximum atomic E-state index is 12.4. The number of rotatable bonds is 7. The Hall–Kier alpha value is -2.83. The number of aliphatic carboxylic acids is 1. The molecule has 1 aromatic heterocycles. The lowest BCUT2D eigenvalue weighted by molar-refractivity contribution is -0.139. The molecular weight excluding hydrogens is 310 g/mol. The van der Waals surface area contributed by atoms with Crippen molar-refractivity contribution < 1.29 is 19.8 Å². The number of aromatic nitrogens is 2. The topological polar surface area (TPSA) is 104 Å². The quantitative estimate of drug-likeness (QED) is 0.717. The number of hydrogen-bond acceptors (Lipinski definition) is 4. The van der Waals surface area contributed by atoms with Crippen molar-refractivity contribution in [2.45, 2.75) is 39.3 Å². The van der Waals surface area contributed by atoms with Crippen LogP contribution in [0.15, 0.2) is 30.5 Å². The number of nitrogens with one attached hydrogen (secondary N) is 1. The predicted octanol–water partition coefficient (Wildman–Crippen LogP) is 1.73. The Labute approximate surface area is 139 Å². The molecule has 128 valence electrons. The molecule has 0 fully saturated rings. The molecule has 0 spiro atoms. The summed E-state index contributed by atoms with van der Waals surface area (Å²) < 4.78 is 1.68. The zero-order valence-corrected chi connectivity index (χ0v) is 13.7. The Kier molecular flexibility index (Phi) is 5.57. The van der Waals surface area contributed by atoms with Gasteiger partial charge in [-0.2, -0.15) is 5.10 Å². The van der Waals surface area contributed by atoms with E-state index >= 15 is 0 Å². The molecule has 1 amide bonds. The number of carboxylic acid groups (broad SMARTS) is 1. The van der Waals surface area contributed by atoms with E-state index in [1.165, 1.54) is 12.1 Å². The van der Waals surface area contributed by atoms with E-state index in [-0.39, 0.29) is 12.2 Å². The summed E-state index contributed by atoms with van der Waals surface area (Å²) in [5.41, 5.74) is 1.65. The number of carbonyl (C=O) groups excluding carboxylic acids is 1. The Morgan fingerprint density at radius 3 is 2.54 bits per heavy atom. The van der Waals surface area contributed by atoms with Gasteiger partial charge in [0.05, 0.1) is 11.3 Å². The Morgan fingerprint density at radius 1 is 1.29 bits per heavy atom. The number of carbonyl (C=O) groups is 2. The van der Waals surface area contributed by atoms with Gasteiger partial charge in [0, 0.05) is 19.2 Å². The number of benzene rings is 1. The molecule has 7 nitrogen and oxygen atoms in total. The lowest BCUT2D eigenvalue weighted by Crippen LogP contribution is -2.42. The molecule has 0 unspecified atom stereocenters. The standard InChI is InChI=1S/C17H21N3O4/c1-3-8-20-10-14(11(2)19-20)16(22)18-15(17(23)24)9-12-4-6-13(21)7-5-12/h4-7,10,15,21H,3,8-9H2,1-2H3,(H,18,22)(H,23,24)/t15-/m0/s1. The van der Waals surface area contributed by atoms with Crippen LogP contribution in [0, 0.1) is 6.92 Å². The van der Waals surface area contributed by atoms with Gasteiger partial charge >= 0.3 is 5.97 Å². The Morgan fingerprint density at radius 2 is 1.96 bits per heavy atom. The number of hydrogen-bond donors (Lipinski definition) is 3. The highest BCUT2D eigenvalue weighted by molar-refractivity contribution is 5.97. The summed E-state index contributed by atoms with van der Waals surface area (Å²) in [7, 11) is 0. The van der Waals surface area contributed by atoms with Gasteiger partial charge in [-0.1, -0.05) is 19.1 Å². The molecule has 0 aliphatic carbocycles. The van der Waals surface area contributed by atoms with Crippen molar-refractivity contribution in [3.8, 4) is 5.75 Å². The van der Waals surface area contributed by atoms with Crippen molar-refractivity contribution in [1.82, 2.24) is 15.1 Å². The fourth-order valence-corrected chi connectivity index (χ4v) is 2.39. The monoisotopic (exact) mass is 331 g/mol. The minimum atomic E-state index is -1.12. The summed E-state index contributed by atoms with van der Waals surface area (Å²) in [5, 5.41) is 25.4. The second-order valence-corrected chi connectivity index (χ2v) is 5.63. The van der Waals surface area contributed by atoms with Crippen LogP contribution in [0.1, 0.15) is 35.0 Å². The minimum Gasteiger partial charge on any atom is -0.508 e. The third-order valence-electron chi connectivity index (χ3n) is 3.62. The lowest BCUT2D eigenvalue weighted by atomic mass is 10.1. The van der Waals surface area contributed by atoms with Gasteiger partial charge in [-0.25, -0.2) is 4.79 Å². The van der Waals surface area contributed by atoms with Gasteiger partial charge in [-0.15, -0.1) is 0 Å². The number of amides is 1. The second kappa shape index (κ2) is 7.63. The number of phenolic OH excluding ortho intramolecular Hbond substituents is 1. The van der Waals surface area contributed by atoms with Crippen molar-refractivity contribution >= 4 is 11.9 Å². The first-order valence-electron chi connectivity index (χ1n) is 7.76. The van der Waals surface area contributed by atoms with E-state index in [4.69, 9.17) is 0 Å². The summed E-state index contributed by atoms with van der Waals surface area (Å²) in [6, 6.07) is 5.16. The summed E-state index contributed by atoms with van der Waals surface area (Å²) in [5.74, 6) is -1.47. The molecule has 3 N–H and O–H groups in total. The first kappa shape index (κ1) is 17.5. The van der Waals surface area contributed by atoms with E-state index in [9.17, 15) is 19.8 Å². The van der Waals surface area contributed by atoms with Gasteiger partial charge in [0.15, 0.2) is 0 Å². The normalized spacial score (nSPS) is 11.9. The SMILES string of the molecule is CCCn1cc(C(=O)N[C@@H](Cc2ccc(O)cc2)C(=O)O)c(C)n1. The molecule has 7 heteroatoms. The molecule has 0 bridgehead atoms. The smallest absolute Gasteiger partial charge is 0.326 e. The van der Waals surface area contributed by atoms with E-state index in [0.29, 0.717) is 23.4 Å². The first-order valence-corrected chi connectivity index (χ1v) is 7.76. The number of aromatic hydroxyl groups is 1. The third-order valence-corrected chi connectivity index (χ3v) is 3.62. The van der Waals surface area contributed by atoms with Gasteiger partial charge in [0.1, 0.15) is 11.8 Å². The van der Waals surface area contributed by atoms with Gasteiger partial charge < -0.3 is 15.5 Å². The highest BCUT2D eigenvalue weighted by atomic mass is 16.4. The molecule has 2 rings (SSSR count). The van der Waals surface area contributed by atoms with Crippen LogP contribution in [-0.4, -0.2) is 37.9 Å². The minimum absolute atomic E-state index is 0.105. The largest absolute Gasteiger partial charge is 0.508 e. The molecule has 1 atom stereocenters. The van der Waals surface area contributed by atoms with Crippen LogP contribution < -0.4 is 5.32 Å². The molecule has 0 saturated heterocycles. The number of carboxylic acids is 1. The van der Waals surface area contributed by atoms with Crippen molar-refractivity contribution in [1.29, 1.82) is 0 Å². The van der Waals surface area contributed by atoms with Crippen LogP contribution in [0.2, 0.25) is 0 Å². The molecule has 0 aliphatic heterocycles. The molecule has 24 heavy (non-hydrogen) atoms. The average Bonchev–Trinajstić information content (AvgIpc) is 2.89. The summed E-state index contributed by atoms with van der Waals surface area (Å²) in [4.78, 5) is 23.8. The molecular formula is C17H21N3O4. The van der Waals surface area contributed by atoms with Crippen LogP contribution in [0.4, 0.5) is 0 Å². The fraction of sp³-hybridized carbons (Fsp3) is 0.353. The van der Waals surface area contributed by atoms with Crippen LogP contribution in [0.3, 0.4) is 0 Å². The van der Waals surface area contributed by atoms with Crippen molar-refractivity contribution in [3.05, 3.63) is 47.3 Å². The first-order chi connectivity index (χ1) is 11.4. The summed E-state index contributed by atoms with van der Waals surface area (Å²) >= 11 is 0. The van der Waals surface area contributed by atoms with E-state index < -0.39 is 17.9 Å². The van der Waals surface area contributed by atoms with Gasteiger partial charge in [-0.3, -0.25) is 9.48 Å². The highest BCUT2D eigenvalue weighted by Crippen LogP contribution is 2.12.